The summed E-state index contributed by atoms with van der Waals surface area (Å²) < 4.78 is 0. The third-order valence-electron chi connectivity index (χ3n) is 2.41. The molecule has 0 aromatic rings. The van der Waals surface area contributed by atoms with Crippen LogP contribution in [-0.2, 0) is 0 Å². The Morgan fingerprint density at radius 2 is 1.60 bits per heavy atom. The molecule has 0 radical (unpaired) electrons. The summed E-state index contributed by atoms with van der Waals surface area (Å²) in [5.41, 5.74) is 1.42. The van der Waals surface area contributed by atoms with E-state index in [-0.39, 0.29) is 0 Å². The zero-order valence-corrected chi connectivity index (χ0v) is 6.93. The van der Waals surface area contributed by atoms with Crippen LogP contribution in [0.1, 0.15) is 26.7 Å². The fourth-order valence-electron chi connectivity index (χ4n) is 1.59. The van der Waals surface area contributed by atoms with E-state index in [1.807, 2.05) is 0 Å². The van der Waals surface area contributed by atoms with E-state index in [0.29, 0.717) is 11.8 Å². The predicted molar refractivity (Wildman–Crippen MR) is 45.8 cm³/mol. The van der Waals surface area contributed by atoms with Crippen LogP contribution in [0.5, 0.6) is 0 Å². The molecule has 0 fully saturated rings. The minimum absolute atomic E-state index is 0.671. The zero-order chi connectivity index (χ0) is 7.56. The van der Waals surface area contributed by atoms with E-state index in [4.69, 9.17) is 0 Å². The summed E-state index contributed by atoms with van der Waals surface area (Å²) in [6.45, 7) is 8.54. The lowest BCUT2D eigenvalue weighted by Crippen LogP contribution is -1.99. The van der Waals surface area contributed by atoms with Crippen LogP contribution in [0.4, 0.5) is 0 Å². The van der Waals surface area contributed by atoms with Gasteiger partial charge in [-0.3, -0.25) is 0 Å². The lowest BCUT2D eigenvalue weighted by Gasteiger charge is -2.11. The van der Waals surface area contributed by atoms with Crippen LogP contribution in [-0.4, -0.2) is 0 Å². The Labute approximate surface area is 63.6 Å². The van der Waals surface area contributed by atoms with Gasteiger partial charge in [0.1, 0.15) is 0 Å². The van der Waals surface area contributed by atoms with Gasteiger partial charge in [0.15, 0.2) is 0 Å². The monoisotopic (exact) mass is 136 g/mol. The fourth-order valence-corrected chi connectivity index (χ4v) is 1.59. The average molecular weight is 136 g/mol. The fraction of sp³-hybridized carbons (Fsp3) is 0.600. The average Bonchev–Trinajstić information content (AvgIpc) is 2.30. The summed E-state index contributed by atoms with van der Waals surface area (Å²) in [5, 5.41) is 0. The summed E-state index contributed by atoms with van der Waals surface area (Å²) in [7, 11) is 0. The SMILES string of the molecule is C=C1C(CC)C=CC1CC. The van der Waals surface area contributed by atoms with Crippen molar-refractivity contribution in [3.8, 4) is 0 Å². The van der Waals surface area contributed by atoms with Gasteiger partial charge < -0.3 is 0 Å². The van der Waals surface area contributed by atoms with E-state index in [0.717, 1.165) is 0 Å². The van der Waals surface area contributed by atoms with Gasteiger partial charge in [-0.2, -0.15) is 0 Å². The maximum Gasteiger partial charge on any atom is -0.00225 e. The molecule has 0 heterocycles. The quantitative estimate of drug-likeness (QED) is 0.511. The van der Waals surface area contributed by atoms with Crippen molar-refractivity contribution in [3.05, 3.63) is 24.3 Å². The van der Waals surface area contributed by atoms with E-state index in [1.54, 1.807) is 0 Å². The molecule has 0 saturated carbocycles. The second kappa shape index (κ2) is 3.05. The topological polar surface area (TPSA) is 0 Å². The third-order valence-corrected chi connectivity index (χ3v) is 2.41. The maximum atomic E-state index is 4.10. The second-order valence-electron chi connectivity index (χ2n) is 2.99. The second-order valence-corrected chi connectivity index (χ2v) is 2.99. The lowest BCUT2D eigenvalue weighted by molar-refractivity contribution is 0.650. The zero-order valence-electron chi connectivity index (χ0n) is 6.93. The van der Waals surface area contributed by atoms with Crippen molar-refractivity contribution in [1.29, 1.82) is 0 Å². The van der Waals surface area contributed by atoms with Crippen LogP contribution < -0.4 is 0 Å². The molecule has 0 saturated heterocycles. The number of allylic oxidation sites excluding steroid dienone is 3. The first-order valence-corrected chi connectivity index (χ1v) is 4.16. The molecular formula is C10H16. The minimum Gasteiger partial charge on any atom is -0.0987 e. The van der Waals surface area contributed by atoms with Gasteiger partial charge in [0.05, 0.1) is 0 Å². The first kappa shape index (κ1) is 7.59. The molecule has 0 nitrogen and oxygen atoms in total. The molecule has 1 aliphatic rings. The van der Waals surface area contributed by atoms with Crippen molar-refractivity contribution >= 4 is 0 Å². The minimum atomic E-state index is 0.671. The van der Waals surface area contributed by atoms with Gasteiger partial charge >= 0.3 is 0 Å². The van der Waals surface area contributed by atoms with Crippen LogP contribution in [0.15, 0.2) is 24.3 Å². The number of rotatable bonds is 2. The van der Waals surface area contributed by atoms with Crippen LogP contribution >= 0.6 is 0 Å². The van der Waals surface area contributed by atoms with Gasteiger partial charge in [0.25, 0.3) is 0 Å². The molecule has 1 rings (SSSR count). The Balaban J connectivity index is 2.58. The van der Waals surface area contributed by atoms with Crippen molar-refractivity contribution < 1.29 is 0 Å². The Morgan fingerprint density at radius 3 is 1.80 bits per heavy atom. The Bertz CT molecular complexity index is 137. The van der Waals surface area contributed by atoms with Crippen LogP contribution in [0.25, 0.3) is 0 Å². The van der Waals surface area contributed by atoms with Crippen LogP contribution in [0.2, 0.25) is 0 Å². The maximum absolute atomic E-state index is 4.10. The summed E-state index contributed by atoms with van der Waals surface area (Å²) >= 11 is 0. The highest BCUT2D eigenvalue weighted by molar-refractivity contribution is 5.24. The summed E-state index contributed by atoms with van der Waals surface area (Å²) in [5.74, 6) is 1.34. The van der Waals surface area contributed by atoms with Gasteiger partial charge in [-0.15, -0.1) is 0 Å². The number of hydrogen-bond acceptors (Lipinski definition) is 0. The van der Waals surface area contributed by atoms with Gasteiger partial charge in [-0.1, -0.05) is 38.2 Å². The van der Waals surface area contributed by atoms with Gasteiger partial charge in [-0.25, -0.2) is 0 Å². The Hall–Kier alpha value is -0.520. The highest BCUT2D eigenvalue weighted by atomic mass is 14.2. The molecule has 0 spiro atoms. The molecule has 0 N–H and O–H groups in total. The molecule has 2 atom stereocenters. The first-order chi connectivity index (χ1) is 4.79. The van der Waals surface area contributed by atoms with E-state index in [1.165, 1.54) is 18.4 Å². The number of hydrogen-bond donors (Lipinski definition) is 0. The van der Waals surface area contributed by atoms with E-state index < -0.39 is 0 Å². The van der Waals surface area contributed by atoms with Gasteiger partial charge in [-0.05, 0) is 24.7 Å². The third kappa shape index (κ3) is 1.16. The molecule has 0 aliphatic heterocycles. The van der Waals surface area contributed by atoms with Crippen molar-refractivity contribution in [2.45, 2.75) is 26.7 Å². The molecule has 56 valence electrons. The molecule has 0 aromatic carbocycles. The Morgan fingerprint density at radius 1 is 1.20 bits per heavy atom. The molecule has 0 amide bonds. The lowest BCUT2D eigenvalue weighted by atomic mass is 9.94. The Kier molecular flexibility index (Phi) is 2.31. The molecule has 10 heavy (non-hydrogen) atoms. The molecule has 1 aliphatic carbocycles. The molecule has 0 heteroatoms. The molecular weight excluding hydrogens is 120 g/mol. The van der Waals surface area contributed by atoms with Crippen molar-refractivity contribution in [1.82, 2.24) is 0 Å². The highest BCUT2D eigenvalue weighted by Gasteiger charge is 2.19. The van der Waals surface area contributed by atoms with Crippen LogP contribution in [0, 0.1) is 11.8 Å². The molecule has 2 unspecified atom stereocenters. The summed E-state index contributed by atoms with van der Waals surface area (Å²) in [6, 6.07) is 0. The van der Waals surface area contributed by atoms with E-state index >= 15 is 0 Å². The molecule has 0 aromatic heterocycles. The van der Waals surface area contributed by atoms with Crippen molar-refractivity contribution in [2.75, 3.05) is 0 Å². The smallest absolute Gasteiger partial charge is 0.00225 e. The van der Waals surface area contributed by atoms with E-state index in [2.05, 4.69) is 32.6 Å². The summed E-state index contributed by atoms with van der Waals surface area (Å²) in [6.07, 6.45) is 7.03. The van der Waals surface area contributed by atoms with Crippen molar-refractivity contribution in [3.63, 3.8) is 0 Å². The molecule has 0 bridgehead atoms. The van der Waals surface area contributed by atoms with Crippen LogP contribution in [0.3, 0.4) is 0 Å². The van der Waals surface area contributed by atoms with Gasteiger partial charge in [0.2, 0.25) is 0 Å². The first-order valence-electron chi connectivity index (χ1n) is 4.16. The summed E-state index contributed by atoms with van der Waals surface area (Å²) in [4.78, 5) is 0. The standard InChI is InChI=1S/C10H16/c1-4-9-6-7-10(5-2)8(9)3/h6-7,9-10H,3-5H2,1-2H3. The van der Waals surface area contributed by atoms with E-state index in [9.17, 15) is 0 Å². The predicted octanol–water partition coefficient (Wildman–Crippen LogP) is 3.16. The highest BCUT2D eigenvalue weighted by Crippen LogP contribution is 2.32. The normalized spacial score (nSPS) is 31.6. The van der Waals surface area contributed by atoms with Gasteiger partial charge in [0, 0.05) is 0 Å². The largest absolute Gasteiger partial charge is 0.0987 e. The van der Waals surface area contributed by atoms with Crippen molar-refractivity contribution in [2.24, 2.45) is 11.8 Å².